The van der Waals surface area contributed by atoms with Crippen molar-refractivity contribution in [1.29, 1.82) is 5.26 Å². The number of hydrogen-bond donors (Lipinski definition) is 3. The normalized spacial score (nSPS) is 13.6. The lowest BCUT2D eigenvalue weighted by Crippen LogP contribution is -2.40. The summed E-state index contributed by atoms with van der Waals surface area (Å²) in [6.45, 7) is 5.88. The zero-order valence-corrected chi connectivity index (χ0v) is 21.7. The number of nitriles is 1. The number of hydrogen-bond acceptors (Lipinski definition) is 8. The number of amides is 2. The number of nitro groups is 1. The van der Waals surface area contributed by atoms with Gasteiger partial charge in [0.2, 0.25) is 0 Å². The van der Waals surface area contributed by atoms with Crippen LogP contribution in [0.15, 0.2) is 30.5 Å². The summed E-state index contributed by atoms with van der Waals surface area (Å²) in [7, 11) is 0. The third-order valence-corrected chi connectivity index (χ3v) is 7.31. The molecule has 10 nitrogen and oxygen atoms in total. The molecule has 0 bridgehead atoms. The standard InChI is InChI=1S/C26H28N6O4S/c1-4-36-24-12-20-19(11-22(24)31-26(33)29-18-5-7-37-8-6-18)25(17(13-27)14-28-20)30-21-9-15(2)16(3)10-23(21)32(34)35/h9-12,14,18H,4-8H2,1-3H3,(H,28,30)(H2,29,31,33). The summed E-state index contributed by atoms with van der Waals surface area (Å²) in [6.07, 6.45) is 3.23. The van der Waals surface area contributed by atoms with Crippen LogP contribution in [0.25, 0.3) is 10.9 Å². The Bertz CT molecular complexity index is 1400. The van der Waals surface area contributed by atoms with Crippen LogP contribution in [0.5, 0.6) is 5.75 Å². The molecule has 1 aliphatic rings. The maximum absolute atomic E-state index is 12.8. The van der Waals surface area contributed by atoms with Crippen LogP contribution >= 0.6 is 11.8 Å². The Hall–Kier alpha value is -4.04. The predicted octanol–water partition coefficient (Wildman–Crippen LogP) is 5.79. The molecule has 0 radical (unpaired) electrons. The lowest BCUT2D eigenvalue weighted by Gasteiger charge is -2.23. The number of anilines is 3. The van der Waals surface area contributed by atoms with Crippen molar-refractivity contribution in [2.75, 3.05) is 28.7 Å². The van der Waals surface area contributed by atoms with E-state index in [2.05, 4.69) is 27.0 Å². The fraction of sp³-hybridized carbons (Fsp3) is 0.346. The molecule has 2 amide bonds. The second-order valence-electron chi connectivity index (χ2n) is 8.78. The number of benzene rings is 2. The molecule has 1 aliphatic heterocycles. The first-order chi connectivity index (χ1) is 17.8. The Kier molecular flexibility index (Phi) is 7.98. The highest BCUT2D eigenvalue weighted by Crippen LogP contribution is 2.38. The summed E-state index contributed by atoms with van der Waals surface area (Å²) < 4.78 is 5.77. The number of urea groups is 1. The number of carbonyl (C=O) groups excluding carboxylic acids is 1. The van der Waals surface area contributed by atoms with E-state index in [4.69, 9.17) is 4.74 Å². The Morgan fingerprint density at radius 2 is 1.95 bits per heavy atom. The van der Waals surface area contributed by atoms with Crippen molar-refractivity contribution in [3.8, 4) is 11.8 Å². The van der Waals surface area contributed by atoms with Crippen molar-refractivity contribution in [3.05, 3.63) is 57.3 Å². The number of rotatable bonds is 7. The zero-order chi connectivity index (χ0) is 26.5. The second kappa shape index (κ2) is 11.3. The van der Waals surface area contributed by atoms with Gasteiger partial charge in [0, 0.05) is 29.8 Å². The zero-order valence-electron chi connectivity index (χ0n) is 20.9. The number of nitro benzene ring substituents is 1. The van der Waals surface area contributed by atoms with Gasteiger partial charge in [-0.2, -0.15) is 17.0 Å². The highest BCUT2D eigenvalue weighted by Gasteiger charge is 2.21. The van der Waals surface area contributed by atoms with Gasteiger partial charge in [0.1, 0.15) is 17.5 Å². The van der Waals surface area contributed by atoms with Gasteiger partial charge in [-0.3, -0.25) is 15.1 Å². The van der Waals surface area contributed by atoms with E-state index in [0.717, 1.165) is 35.5 Å². The number of aryl methyl sites for hydroxylation is 2. The summed E-state index contributed by atoms with van der Waals surface area (Å²) in [6, 6.07) is 8.42. The Balaban J connectivity index is 1.78. The molecule has 0 atom stereocenters. The number of aromatic nitrogens is 1. The van der Waals surface area contributed by atoms with Crippen molar-refractivity contribution >= 4 is 51.4 Å². The van der Waals surface area contributed by atoms with Crippen LogP contribution in [0.3, 0.4) is 0 Å². The van der Waals surface area contributed by atoms with Gasteiger partial charge in [-0.05, 0) is 68.4 Å². The van der Waals surface area contributed by atoms with E-state index in [1.807, 2.05) is 25.6 Å². The SMILES string of the molecule is CCOc1cc2ncc(C#N)c(Nc3cc(C)c(C)cc3[N+](=O)[O-])c2cc1NC(=O)NC1CCSCC1. The first-order valence-electron chi connectivity index (χ1n) is 12.0. The second-order valence-corrected chi connectivity index (χ2v) is 10.0. The fourth-order valence-corrected chi connectivity index (χ4v) is 5.29. The van der Waals surface area contributed by atoms with Crippen LogP contribution in [0.1, 0.15) is 36.5 Å². The minimum absolute atomic E-state index is 0.103. The van der Waals surface area contributed by atoms with E-state index >= 15 is 0 Å². The van der Waals surface area contributed by atoms with Gasteiger partial charge in [0.15, 0.2) is 0 Å². The van der Waals surface area contributed by atoms with Gasteiger partial charge in [-0.1, -0.05) is 0 Å². The summed E-state index contributed by atoms with van der Waals surface area (Å²) in [5.41, 5.74) is 3.28. The van der Waals surface area contributed by atoms with Crippen LogP contribution < -0.4 is 20.7 Å². The molecule has 192 valence electrons. The summed E-state index contributed by atoms with van der Waals surface area (Å²) in [4.78, 5) is 28.5. The molecule has 1 fully saturated rings. The molecule has 3 N–H and O–H groups in total. The maximum Gasteiger partial charge on any atom is 0.319 e. The van der Waals surface area contributed by atoms with Crippen molar-refractivity contribution in [2.45, 2.75) is 39.7 Å². The van der Waals surface area contributed by atoms with Crippen molar-refractivity contribution in [3.63, 3.8) is 0 Å². The third-order valence-electron chi connectivity index (χ3n) is 6.26. The topological polar surface area (TPSA) is 142 Å². The van der Waals surface area contributed by atoms with E-state index in [-0.39, 0.29) is 29.0 Å². The lowest BCUT2D eigenvalue weighted by molar-refractivity contribution is -0.384. The molecule has 3 aromatic rings. The van der Waals surface area contributed by atoms with Gasteiger partial charge in [-0.15, -0.1) is 0 Å². The maximum atomic E-state index is 12.8. The van der Waals surface area contributed by atoms with Crippen LogP contribution in [0, 0.1) is 35.3 Å². The molecule has 4 rings (SSSR count). The Morgan fingerprint density at radius 3 is 2.62 bits per heavy atom. The monoisotopic (exact) mass is 520 g/mol. The molecule has 1 saturated heterocycles. The summed E-state index contributed by atoms with van der Waals surface area (Å²) in [5.74, 6) is 2.45. The van der Waals surface area contributed by atoms with Crippen molar-refractivity contribution in [2.24, 2.45) is 0 Å². The largest absolute Gasteiger partial charge is 0.492 e. The predicted molar refractivity (Wildman–Crippen MR) is 146 cm³/mol. The highest BCUT2D eigenvalue weighted by molar-refractivity contribution is 7.99. The summed E-state index contributed by atoms with van der Waals surface area (Å²) in [5, 5.41) is 31.1. The number of nitrogens with one attached hydrogen (secondary N) is 3. The molecule has 1 aromatic heterocycles. The molecule has 11 heteroatoms. The van der Waals surface area contributed by atoms with E-state index in [0.29, 0.717) is 34.6 Å². The molecule has 37 heavy (non-hydrogen) atoms. The molecular formula is C26H28N6O4S. The van der Waals surface area contributed by atoms with Crippen LogP contribution in [-0.4, -0.2) is 40.1 Å². The average molecular weight is 521 g/mol. The van der Waals surface area contributed by atoms with Crippen LogP contribution in [-0.2, 0) is 0 Å². The van der Waals surface area contributed by atoms with Gasteiger partial charge in [0.25, 0.3) is 5.69 Å². The molecule has 0 spiro atoms. The van der Waals surface area contributed by atoms with Gasteiger partial charge < -0.3 is 20.7 Å². The number of carbonyl (C=O) groups is 1. The van der Waals surface area contributed by atoms with Gasteiger partial charge in [-0.25, -0.2) is 4.79 Å². The molecule has 0 saturated carbocycles. The lowest BCUT2D eigenvalue weighted by atomic mass is 10.1. The minimum atomic E-state index is -0.460. The first kappa shape index (κ1) is 26.0. The van der Waals surface area contributed by atoms with E-state index in [1.54, 1.807) is 25.1 Å². The van der Waals surface area contributed by atoms with Gasteiger partial charge in [0.05, 0.1) is 34.0 Å². The quantitative estimate of drug-likeness (QED) is 0.262. The fourth-order valence-electron chi connectivity index (χ4n) is 4.18. The number of thioether (sulfide) groups is 1. The minimum Gasteiger partial charge on any atom is -0.492 e. The smallest absolute Gasteiger partial charge is 0.319 e. The van der Waals surface area contributed by atoms with Gasteiger partial charge >= 0.3 is 6.03 Å². The first-order valence-corrected chi connectivity index (χ1v) is 13.1. The van der Waals surface area contributed by atoms with Crippen LogP contribution in [0.4, 0.5) is 27.5 Å². The number of fused-ring (bicyclic) bond motifs is 1. The van der Waals surface area contributed by atoms with Crippen molar-refractivity contribution < 1.29 is 14.5 Å². The average Bonchev–Trinajstić information content (AvgIpc) is 2.87. The number of nitrogens with zero attached hydrogens (tertiary/aromatic N) is 3. The summed E-state index contributed by atoms with van der Waals surface area (Å²) >= 11 is 1.88. The molecular weight excluding hydrogens is 492 g/mol. The van der Waals surface area contributed by atoms with E-state index < -0.39 is 4.92 Å². The van der Waals surface area contributed by atoms with Crippen molar-refractivity contribution in [1.82, 2.24) is 10.3 Å². The highest BCUT2D eigenvalue weighted by atomic mass is 32.2. The number of ether oxygens (including phenoxy) is 1. The van der Waals surface area contributed by atoms with E-state index in [1.165, 1.54) is 12.3 Å². The Labute approximate surface area is 218 Å². The molecule has 2 aromatic carbocycles. The molecule has 2 heterocycles. The Morgan fingerprint density at radius 1 is 1.22 bits per heavy atom. The molecule has 0 aliphatic carbocycles. The molecule has 0 unspecified atom stereocenters. The third kappa shape index (κ3) is 5.86. The number of pyridine rings is 1. The van der Waals surface area contributed by atoms with E-state index in [9.17, 15) is 20.2 Å². The van der Waals surface area contributed by atoms with Crippen LogP contribution in [0.2, 0.25) is 0 Å².